The van der Waals surface area contributed by atoms with Crippen LogP contribution in [-0.4, -0.2) is 81.5 Å². The van der Waals surface area contributed by atoms with Crippen molar-refractivity contribution in [2.45, 2.75) is 18.1 Å². The summed E-state index contributed by atoms with van der Waals surface area (Å²) >= 11 is 1.30. The molecule has 0 aliphatic carbocycles. The maximum Gasteiger partial charge on any atom is 0.233 e. The van der Waals surface area contributed by atoms with Crippen molar-refractivity contribution in [3.05, 3.63) is 48.7 Å². The Morgan fingerprint density at radius 2 is 1.82 bits per heavy atom. The van der Waals surface area contributed by atoms with E-state index in [0.29, 0.717) is 43.0 Å². The van der Waals surface area contributed by atoms with Crippen LogP contribution in [-0.2, 0) is 16.1 Å². The number of carbonyl (C=O) groups is 2. The zero-order valence-corrected chi connectivity index (χ0v) is 19.7. The summed E-state index contributed by atoms with van der Waals surface area (Å²) in [6.07, 6.45) is 1.69. The van der Waals surface area contributed by atoms with Gasteiger partial charge in [-0.15, -0.1) is 10.2 Å². The minimum Gasteiger partial charge on any atom is -0.492 e. The number of ether oxygens (including phenoxy) is 1. The summed E-state index contributed by atoms with van der Waals surface area (Å²) in [6, 6.07) is 13.3. The highest BCUT2D eigenvalue weighted by Gasteiger charge is 2.23. The van der Waals surface area contributed by atoms with Crippen LogP contribution in [0.2, 0.25) is 0 Å². The second-order valence-electron chi connectivity index (χ2n) is 7.82. The van der Waals surface area contributed by atoms with Crippen molar-refractivity contribution in [1.82, 2.24) is 24.6 Å². The first-order valence-corrected chi connectivity index (χ1v) is 12.1. The molecule has 3 heterocycles. The molecular formula is C23H28N6O4S. The van der Waals surface area contributed by atoms with Crippen molar-refractivity contribution < 1.29 is 18.7 Å². The summed E-state index contributed by atoms with van der Waals surface area (Å²) in [5.74, 6) is 1.79. The zero-order valence-electron chi connectivity index (χ0n) is 18.8. The quantitative estimate of drug-likeness (QED) is 0.409. The fourth-order valence-electron chi connectivity index (χ4n) is 3.65. The van der Waals surface area contributed by atoms with Gasteiger partial charge in [0.05, 0.1) is 12.0 Å². The van der Waals surface area contributed by atoms with Crippen molar-refractivity contribution in [2.75, 3.05) is 45.1 Å². The molecule has 0 spiro atoms. The first-order chi connectivity index (χ1) is 16.6. The van der Waals surface area contributed by atoms with E-state index < -0.39 is 5.91 Å². The number of rotatable bonds is 11. The maximum atomic E-state index is 12.8. The fraction of sp³-hybridized carbons (Fsp3) is 0.391. The maximum absolute atomic E-state index is 12.8. The summed E-state index contributed by atoms with van der Waals surface area (Å²) in [5.41, 5.74) is 5.32. The number of hydrogen-bond donors (Lipinski definition) is 1. The number of para-hydroxylation sites is 1. The second-order valence-corrected chi connectivity index (χ2v) is 8.77. The van der Waals surface area contributed by atoms with Crippen molar-refractivity contribution in [1.29, 1.82) is 0 Å². The Morgan fingerprint density at radius 1 is 1.03 bits per heavy atom. The molecule has 1 fully saturated rings. The van der Waals surface area contributed by atoms with Crippen LogP contribution in [0.25, 0.3) is 11.6 Å². The molecule has 1 saturated heterocycles. The molecule has 2 amide bonds. The summed E-state index contributed by atoms with van der Waals surface area (Å²) in [6.45, 7) is 4.74. The van der Waals surface area contributed by atoms with Gasteiger partial charge in [0.1, 0.15) is 12.4 Å². The molecule has 0 saturated carbocycles. The number of primary amides is 1. The SMILES string of the molecule is NC(=O)CCn1c(SCC(=O)N2CCN(CCOc3ccccc3)CC2)nnc1-c1ccco1. The van der Waals surface area contributed by atoms with Gasteiger partial charge in [0, 0.05) is 45.7 Å². The lowest BCUT2D eigenvalue weighted by Crippen LogP contribution is -2.50. The van der Waals surface area contributed by atoms with E-state index in [1.54, 1.807) is 23.0 Å². The predicted octanol–water partition coefficient (Wildman–Crippen LogP) is 1.73. The fourth-order valence-corrected chi connectivity index (χ4v) is 4.52. The van der Waals surface area contributed by atoms with Gasteiger partial charge in [-0.1, -0.05) is 30.0 Å². The highest BCUT2D eigenvalue weighted by molar-refractivity contribution is 7.99. The molecule has 10 nitrogen and oxygen atoms in total. The van der Waals surface area contributed by atoms with E-state index in [1.807, 2.05) is 35.2 Å². The van der Waals surface area contributed by atoms with Crippen LogP contribution in [0.5, 0.6) is 5.75 Å². The van der Waals surface area contributed by atoms with Crippen LogP contribution in [0.1, 0.15) is 6.42 Å². The number of piperazine rings is 1. The Balaban J connectivity index is 1.25. The smallest absolute Gasteiger partial charge is 0.233 e. The average Bonchev–Trinajstić information content (AvgIpc) is 3.52. The number of thioether (sulfide) groups is 1. The van der Waals surface area contributed by atoms with Crippen LogP contribution in [0.4, 0.5) is 0 Å². The highest BCUT2D eigenvalue weighted by Crippen LogP contribution is 2.25. The van der Waals surface area contributed by atoms with E-state index in [9.17, 15) is 9.59 Å². The Kier molecular flexibility index (Phi) is 8.21. The third kappa shape index (κ3) is 6.39. The average molecular weight is 485 g/mol. The summed E-state index contributed by atoms with van der Waals surface area (Å²) in [4.78, 5) is 28.3. The number of benzene rings is 1. The summed E-state index contributed by atoms with van der Waals surface area (Å²) in [7, 11) is 0. The standard InChI is InChI=1S/C23H28N6O4S/c24-20(30)8-9-29-22(19-7-4-15-33-19)25-26-23(29)34-17-21(31)28-12-10-27(11-13-28)14-16-32-18-5-2-1-3-6-18/h1-7,15H,8-14,16-17H2,(H2,24,30). The van der Waals surface area contributed by atoms with Gasteiger partial charge < -0.3 is 19.8 Å². The highest BCUT2D eigenvalue weighted by atomic mass is 32.2. The molecule has 0 atom stereocenters. The number of hydrogen-bond acceptors (Lipinski definition) is 8. The third-order valence-electron chi connectivity index (χ3n) is 5.51. The largest absolute Gasteiger partial charge is 0.492 e. The van der Waals surface area contributed by atoms with Crippen LogP contribution >= 0.6 is 11.8 Å². The van der Waals surface area contributed by atoms with E-state index in [-0.39, 0.29) is 18.1 Å². The normalized spacial score (nSPS) is 14.3. The first kappa shape index (κ1) is 23.8. The molecule has 11 heteroatoms. The molecule has 0 unspecified atom stereocenters. The van der Waals surface area contributed by atoms with Gasteiger partial charge in [-0.3, -0.25) is 19.1 Å². The van der Waals surface area contributed by atoms with Gasteiger partial charge in [0.25, 0.3) is 0 Å². The van der Waals surface area contributed by atoms with Gasteiger partial charge in [0.2, 0.25) is 11.8 Å². The van der Waals surface area contributed by atoms with Crippen molar-refractivity contribution >= 4 is 23.6 Å². The molecule has 0 bridgehead atoms. The number of carbonyl (C=O) groups excluding carboxylic acids is 2. The summed E-state index contributed by atoms with van der Waals surface area (Å²) in [5, 5.41) is 8.95. The minimum absolute atomic E-state index is 0.0502. The molecule has 180 valence electrons. The van der Waals surface area contributed by atoms with Crippen molar-refractivity contribution in [3.8, 4) is 17.3 Å². The molecule has 0 radical (unpaired) electrons. The van der Waals surface area contributed by atoms with Gasteiger partial charge in [-0.25, -0.2) is 0 Å². The monoisotopic (exact) mass is 484 g/mol. The Labute approximate surface area is 202 Å². The Bertz CT molecular complexity index is 1060. The van der Waals surface area contributed by atoms with Crippen LogP contribution in [0.3, 0.4) is 0 Å². The lowest BCUT2D eigenvalue weighted by Gasteiger charge is -2.34. The van der Waals surface area contributed by atoms with E-state index in [4.69, 9.17) is 14.9 Å². The zero-order chi connectivity index (χ0) is 23.8. The van der Waals surface area contributed by atoms with Crippen LogP contribution in [0, 0.1) is 0 Å². The molecule has 1 aliphatic rings. The van der Waals surface area contributed by atoms with Gasteiger partial charge in [0.15, 0.2) is 16.7 Å². The van der Waals surface area contributed by atoms with E-state index in [1.165, 1.54) is 11.8 Å². The molecule has 1 aromatic carbocycles. The minimum atomic E-state index is -0.418. The van der Waals surface area contributed by atoms with Crippen LogP contribution in [0.15, 0.2) is 58.3 Å². The van der Waals surface area contributed by atoms with E-state index in [2.05, 4.69) is 15.1 Å². The summed E-state index contributed by atoms with van der Waals surface area (Å²) < 4.78 is 13.0. The second kappa shape index (κ2) is 11.7. The molecule has 2 aromatic heterocycles. The molecule has 2 N–H and O–H groups in total. The third-order valence-corrected chi connectivity index (χ3v) is 6.46. The molecule has 34 heavy (non-hydrogen) atoms. The van der Waals surface area contributed by atoms with Gasteiger partial charge >= 0.3 is 0 Å². The van der Waals surface area contributed by atoms with Crippen molar-refractivity contribution in [3.63, 3.8) is 0 Å². The topological polar surface area (TPSA) is 120 Å². The number of nitrogens with zero attached hydrogens (tertiary/aromatic N) is 5. The predicted molar refractivity (Wildman–Crippen MR) is 127 cm³/mol. The molecule has 4 rings (SSSR count). The van der Waals surface area contributed by atoms with Crippen LogP contribution < -0.4 is 10.5 Å². The number of nitrogens with two attached hydrogens (primary N) is 1. The number of furan rings is 1. The molecular weight excluding hydrogens is 456 g/mol. The van der Waals surface area contributed by atoms with Gasteiger partial charge in [-0.2, -0.15) is 0 Å². The number of amides is 2. The van der Waals surface area contributed by atoms with E-state index in [0.717, 1.165) is 25.4 Å². The number of aromatic nitrogens is 3. The van der Waals surface area contributed by atoms with Crippen molar-refractivity contribution in [2.24, 2.45) is 5.73 Å². The Morgan fingerprint density at radius 3 is 2.53 bits per heavy atom. The van der Waals surface area contributed by atoms with Gasteiger partial charge in [-0.05, 0) is 24.3 Å². The lowest BCUT2D eigenvalue weighted by atomic mass is 10.3. The molecule has 1 aliphatic heterocycles. The van der Waals surface area contributed by atoms with E-state index >= 15 is 0 Å². The lowest BCUT2D eigenvalue weighted by molar-refractivity contribution is -0.130. The molecule has 3 aromatic rings. The Hall–Kier alpha value is -3.31. The first-order valence-electron chi connectivity index (χ1n) is 11.2.